The summed E-state index contributed by atoms with van der Waals surface area (Å²) in [6.07, 6.45) is 1.42. The van der Waals surface area contributed by atoms with E-state index in [0.717, 1.165) is 34.6 Å². The molecule has 0 unspecified atom stereocenters. The number of methoxy groups -OCH3 is 1. The predicted molar refractivity (Wildman–Crippen MR) is 104 cm³/mol. The van der Waals surface area contributed by atoms with Crippen molar-refractivity contribution >= 4 is 31.6 Å². The number of hydrogen-bond donors (Lipinski definition) is 1. The quantitative estimate of drug-likeness (QED) is 0.627. The molecule has 0 fully saturated rings. The van der Waals surface area contributed by atoms with Crippen LogP contribution in [0.25, 0.3) is 10.2 Å². The molecule has 138 valence electrons. The topological polar surface area (TPSA) is 77.4 Å². The summed E-state index contributed by atoms with van der Waals surface area (Å²) in [6.45, 7) is 0.336. The van der Waals surface area contributed by atoms with E-state index in [1.807, 2.05) is 24.3 Å². The standard InChI is InChI=1S/C18H20N2O4S2/c1-20-16-9-8-15(12-17(16)25-18(20)21)26(22,23)19-10-4-6-13-5-3-7-14(11-13)24-2/h3,5,7-9,11-12,19H,4,6,10H2,1-2H3. The monoisotopic (exact) mass is 392 g/mol. The van der Waals surface area contributed by atoms with E-state index in [0.29, 0.717) is 17.7 Å². The van der Waals surface area contributed by atoms with E-state index in [4.69, 9.17) is 4.74 Å². The van der Waals surface area contributed by atoms with E-state index in [-0.39, 0.29) is 9.77 Å². The highest BCUT2D eigenvalue weighted by Crippen LogP contribution is 2.21. The van der Waals surface area contributed by atoms with Gasteiger partial charge in [0.1, 0.15) is 5.75 Å². The second kappa shape index (κ2) is 7.61. The van der Waals surface area contributed by atoms with Crippen LogP contribution in [0.5, 0.6) is 5.75 Å². The molecule has 0 aliphatic heterocycles. The first kappa shape index (κ1) is 18.6. The number of sulfonamides is 1. The molecule has 0 saturated heterocycles. The molecule has 0 bridgehead atoms. The van der Waals surface area contributed by atoms with Crippen LogP contribution in [0.1, 0.15) is 12.0 Å². The van der Waals surface area contributed by atoms with E-state index in [9.17, 15) is 13.2 Å². The lowest BCUT2D eigenvalue weighted by Gasteiger charge is -2.08. The molecule has 3 rings (SSSR count). The average molecular weight is 393 g/mol. The summed E-state index contributed by atoms with van der Waals surface area (Å²) in [4.78, 5) is 11.8. The minimum atomic E-state index is -3.60. The maximum Gasteiger partial charge on any atom is 0.307 e. The first-order valence-corrected chi connectivity index (χ1v) is 10.4. The Labute approximate surface area is 156 Å². The SMILES string of the molecule is COc1cccc(CCCNS(=O)(=O)c2ccc3c(c2)sc(=O)n3C)c1. The maximum atomic E-state index is 12.5. The van der Waals surface area contributed by atoms with Gasteiger partial charge in [-0.1, -0.05) is 23.5 Å². The van der Waals surface area contributed by atoms with Crippen LogP contribution in [0.2, 0.25) is 0 Å². The van der Waals surface area contributed by atoms with Crippen molar-refractivity contribution in [1.29, 1.82) is 0 Å². The van der Waals surface area contributed by atoms with Crippen molar-refractivity contribution in [1.82, 2.24) is 9.29 Å². The van der Waals surface area contributed by atoms with Gasteiger partial charge < -0.3 is 9.30 Å². The summed E-state index contributed by atoms with van der Waals surface area (Å²) in [5, 5.41) is 0. The second-order valence-corrected chi connectivity index (χ2v) is 8.67. The normalized spacial score (nSPS) is 11.8. The molecule has 1 N–H and O–H groups in total. The van der Waals surface area contributed by atoms with E-state index < -0.39 is 10.0 Å². The molecule has 0 amide bonds. The van der Waals surface area contributed by atoms with Gasteiger partial charge in [0.2, 0.25) is 10.0 Å². The number of benzene rings is 2. The summed E-state index contributed by atoms with van der Waals surface area (Å²) >= 11 is 1.04. The van der Waals surface area contributed by atoms with E-state index in [1.165, 1.54) is 10.6 Å². The molecular weight excluding hydrogens is 372 g/mol. The summed E-state index contributed by atoms with van der Waals surface area (Å²) in [5.41, 5.74) is 1.83. The Morgan fingerprint density at radius 2 is 2.00 bits per heavy atom. The lowest BCUT2D eigenvalue weighted by molar-refractivity contribution is 0.414. The number of ether oxygens (including phenoxy) is 1. The van der Waals surface area contributed by atoms with Crippen LogP contribution in [0, 0.1) is 0 Å². The lowest BCUT2D eigenvalue weighted by atomic mass is 10.1. The van der Waals surface area contributed by atoms with Crippen molar-refractivity contribution in [3.8, 4) is 5.75 Å². The van der Waals surface area contributed by atoms with Crippen LogP contribution in [0.15, 0.2) is 52.2 Å². The van der Waals surface area contributed by atoms with Crippen molar-refractivity contribution in [2.24, 2.45) is 7.05 Å². The van der Waals surface area contributed by atoms with Gasteiger partial charge in [-0.2, -0.15) is 0 Å². The highest BCUT2D eigenvalue weighted by atomic mass is 32.2. The number of aryl methyl sites for hydroxylation is 2. The highest BCUT2D eigenvalue weighted by molar-refractivity contribution is 7.89. The highest BCUT2D eigenvalue weighted by Gasteiger charge is 2.15. The Hall–Kier alpha value is -2.16. The molecule has 0 spiro atoms. The van der Waals surface area contributed by atoms with Crippen LogP contribution >= 0.6 is 11.3 Å². The molecule has 3 aromatic rings. The van der Waals surface area contributed by atoms with E-state index in [2.05, 4.69) is 4.72 Å². The summed E-state index contributed by atoms with van der Waals surface area (Å²) in [5.74, 6) is 0.790. The molecule has 0 saturated carbocycles. The van der Waals surface area contributed by atoms with Crippen molar-refractivity contribution in [2.45, 2.75) is 17.7 Å². The number of nitrogens with zero attached hydrogens (tertiary/aromatic N) is 1. The van der Waals surface area contributed by atoms with Gasteiger partial charge in [0.15, 0.2) is 0 Å². The van der Waals surface area contributed by atoms with Gasteiger partial charge in [0.05, 0.1) is 22.2 Å². The fourth-order valence-electron chi connectivity index (χ4n) is 2.69. The Kier molecular flexibility index (Phi) is 5.45. The zero-order valence-electron chi connectivity index (χ0n) is 14.6. The van der Waals surface area contributed by atoms with Crippen LogP contribution in [-0.2, 0) is 23.5 Å². The van der Waals surface area contributed by atoms with Crippen molar-refractivity contribution in [2.75, 3.05) is 13.7 Å². The van der Waals surface area contributed by atoms with Gasteiger partial charge in [0.25, 0.3) is 0 Å². The zero-order chi connectivity index (χ0) is 18.7. The van der Waals surface area contributed by atoms with Gasteiger partial charge >= 0.3 is 4.87 Å². The molecule has 1 aromatic heterocycles. The number of nitrogens with one attached hydrogen (secondary N) is 1. The molecule has 2 aromatic carbocycles. The van der Waals surface area contributed by atoms with Crippen LogP contribution in [0.4, 0.5) is 0 Å². The van der Waals surface area contributed by atoms with Crippen molar-refractivity contribution in [3.05, 3.63) is 57.7 Å². The number of hydrogen-bond acceptors (Lipinski definition) is 5. The van der Waals surface area contributed by atoms with Crippen LogP contribution in [0.3, 0.4) is 0 Å². The fraction of sp³-hybridized carbons (Fsp3) is 0.278. The molecule has 1 heterocycles. The van der Waals surface area contributed by atoms with Gasteiger partial charge in [-0.3, -0.25) is 4.79 Å². The predicted octanol–water partition coefficient (Wildman–Crippen LogP) is 2.52. The first-order chi connectivity index (χ1) is 12.4. The smallest absolute Gasteiger partial charge is 0.307 e. The first-order valence-electron chi connectivity index (χ1n) is 8.13. The van der Waals surface area contributed by atoms with E-state index in [1.54, 1.807) is 26.3 Å². The van der Waals surface area contributed by atoms with Gasteiger partial charge in [-0.15, -0.1) is 0 Å². The van der Waals surface area contributed by atoms with Gasteiger partial charge in [-0.25, -0.2) is 13.1 Å². The number of thiazole rings is 1. The molecule has 0 radical (unpaired) electrons. The second-order valence-electron chi connectivity index (χ2n) is 5.91. The van der Waals surface area contributed by atoms with Crippen LogP contribution in [-0.4, -0.2) is 26.6 Å². The van der Waals surface area contributed by atoms with Crippen molar-refractivity contribution in [3.63, 3.8) is 0 Å². The van der Waals surface area contributed by atoms with Crippen molar-refractivity contribution < 1.29 is 13.2 Å². The molecule has 26 heavy (non-hydrogen) atoms. The fourth-order valence-corrected chi connectivity index (χ4v) is 4.79. The lowest BCUT2D eigenvalue weighted by Crippen LogP contribution is -2.25. The third-order valence-corrected chi connectivity index (χ3v) is 6.60. The Bertz CT molecular complexity index is 1080. The largest absolute Gasteiger partial charge is 0.497 e. The molecule has 0 aliphatic carbocycles. The van der Waals surface area contributed by atoms with Crippen LogP contribution < -0.4 is 14.3 Å². The molecular formula is C18H20N2O4S2. The molecule has 0 atom stereocenters. The average Bonchev–Trinajstić information content (AvgIpc) is 2.92. The van der Waals surface area contributed by atoms with Gasteiger partial charge in [0, 0.05) is 13.6 Å². The Balaban J connectivity index is 1.64. The third kappa shape index (κ3) is 3.98. The molecule has 6 nitrogen and oxygen atoms in total. The number of aromatic nitrogens is 1. The minimum absolute atomic E-state index is 0.110. The summed E-state index contributed by atoms with van der Waals surface area (Å²) < 4.78 is 34.9. The van der Waals surface area contributed by atoms with E-state index >= 15 is 0 Å². The Morgan fingerprint density at radius 3 is 2.77 bits per heavy atom. The maximum absolute atomic E-state index is 12.5. The van der Waals surface area contributed by atoms with Gasteiger partial charge in [-0.05, 0) is 48.7 Å². The summed E-state index contributed by atoms with van der Waals surface area (Å²) in [7, 11) is -0.311. The number of fused-ring (bicyclic) bond motifs is 1. The summed E-state index contributed by atoms with van der Waals surface area (Å²) in [6, 6.07) is 12.5. The third-order valence-electron chi connectivity index (χ3n) is 4.14. The molecule has 8 heteroatoms. The minimum Gasteiger partial charge on any atom is -0.497 e. The number of rotatable bonds is 7. The zero-order valence-corrected chi connectivity index (χ0v) is 16.2. The molecule has 0 aliphatic rings. The Morgan fingerprint density at radius 1 is 1.19 bits per heavy atom.